The number of aromatic amines is 1. The molecule has 0 atom stereocenters. The van der Waals surface area contributed by atoms with Gasteiger partial charge in [-0.15, -0.1) is 5.10 Å². The zero-order chi connectivity index (χ0) is 18.6. The van der Waals surface area contributed by atoms with Crippen LogP contribution in [0.25, 0.3) is 11.4 Å². The molecule has 0 spiro atoms. The van der Waals surface area contributed by atoms with Gasteiger partial charge in [-0.3, -0.25) is 19.7 Å². The lowest BCUT2D eigenvalue weighted by Crippen LogP contribution is -2.30. The van der Waals surface area contributed by atoms with Crippen molar-refractivity contribution in [2.45, 2.75) is 0 Å². The highest BCUT2D eigenvalue weighted by molar-refractivity contribution is 6.56. The summed E-state index contributed by atoms with van der Waals surface area (Å²) in [5.41, 5.74) is 0.359. The van der Waals surface area contributed by atoms with Gasteiger partial charge in [0.15, 0.2) is 5.82 Å². The van der Waals surface area contributed by atoms with Crippen molar-refractivity contribution in [2.24, 2.45) is 0 Å². The van der Waals surface area contributed by atoms with Crippen LogP contribution in [0.4, 0.5) is 5.95 Å². The third kappa shape index (κ3) is 2.39. The van der Waals surface area contributed by atoms with Crippen molar-refractivity contribution in [1.29, 1.82) is 0 Å². The molecule has 1 aliphatic rings. The molecular weight excluding hydrogens is 424 g/mol. The third-order valence-electron chi connectivity index (χ3n) is 3.71. The van der Waals surface area contributed by atoms with Gasteiger partial charge in [0.2, 0.25) is 0 Å². The van der Waals surface area contributed by atoms with E-state index in [2.05, 4.69) is 20.2 Å². The maximum absolute atomic E-state index is 12.7. The van der Waals surface area contributed by atoms with Crippen LogP contribution in [0.2, 0.25) is 20.1 Å². The minimum atomic E-state index is -0.743. The zero-order valence-corrected chi connectivity index (χ0v) is 15.5. The largest absolute Gasteiger partial charge is 0.270 e. The number of aromatic nitrogens is 4. The van der Waals surface area contributed by atoms with Crippen LogP contribution in [0, 0.1) is 0 Å². The van der Waals surface area contributed by atoms with Crippen molar-refractivity contribution in [3.8, 4) is 11.4 Å². The second-order valence-electron chi connectivity index (χ2n) is 5.18. The van der Waals surface area contributed by atoms with Crippen molar-refractivity contribution < 1.29 is 9.59 Å². The zero-order valence-electron chi connectivity index (χ0n) is 12.4. The first-order valence-corrected chi connectivity index (χ1v) is 8.50. The number of hydrogen-bond acceptors (Lipinski definition) is 5. The number of imide groups is 1. The summed E-state index contributed by atoms with van der Waals surface area (Å²) in [5.74, 6) is -1.31. The normalized spacial score (nSPS) is 13.5. The Labute approximate surface area is 165 Å². The number of rotatable bonds is 2. The molecule has 130 valence electrons. The molecule has 0 saturated heterocycles. The molecule has 3 heterocycles. The number of hydrogen-bond donors (Lipinski definition) is 1. The fourth-order valence-corrected chi connectivity index (χ4v) is 3.53. The number of fused-ring (bicyclic) bond motifs is 1. The van der Waals surface area contributed by atoms with Gasteiger partial charge in [-0.2, -0.15) is 4.98 Å². The summed E-state index contributed by atoms with van der Waals surface area (Å²) >= 11 is 24.2. The molecule has 0 saturated carbocycles. The molecule has 0 bridgehead atoms. The smallest absolute Gasteiger partial charge is 0.268 e. The molecule has 1 aliphatic heterocycles. The Kier molecular flexibility index (Phi) is 4.11. The topological polar surface area (TPSA) is 91.8 Å². The van der Waals surface area contributed by atoms with Gasteiger partial charge in [-0.05, 0) is 12.1 Å². The predicted octanol–water partition coefficient (Wildman–Crippen LogP) is 4.28. The number of carbonyl (C=O) groups is 2. The van der Waals surface area contributed by atoms with Crippen LogP contribution in [0.15, 0.2) is 24.5 Å². The monoisotopic (exact) mass is 427 g/mol. The Morgan fingerprint density at radius 1 is 0.923 bits per heavy atom. The molecule has 0 fully saturated rings. The number of nitrogens with one attached hydrogen (secondary N) is 1. The van der Waals surface area contributed by atoms with E-state index in [4.69, 9.17) is 46.4 Å². The minimum absolute atomic E-state index is 0.105. The summed E-state index contributed by atoms with van der Waals surface area (Å²) in [6.45, 7) is 0. The highest BCUT2D eigenvalue weighted by atomic mass is 35.5. The van der Waals surface area contributed by atoms with E-state index in [9.17, 15) is 9.59 Å². The molecule has 7 nitrogen and oxygen atoms in total. The minimum Gasteiger partial charge on any atom is -0.268 e. The van der Waals surface area contributed by atoms with Crippen molar-refractivity contribution in [3.05, 3.63) is 55.7 Å². The highest BCUT2D eigenvalue weighted by Crippen LogP contribution is 2.45. The molecule has 0 radical (unpaired) electrons. The van der Waals surface area contributed by atoms with Crippen LogP contribution in [0.5, 0.6) is 0 Å². The average molecular weight is 429 g/mol. The van der Waals surface area contributed by atoms with Crippen molar-refractivity contribution in [2.75, 3.05) is 4.90 Å². The SMILES string of the molecule is O=C1c2c(Cl)c(Cl)c(Cl)c(Cl)c2C(=O)N1c1n[nH]c(-c2cccnc2)n1. The van der Waals surface area contributed by atoms with Crippen molar-refractivity contribution in [3.63, 3.8) is 0 Å². The average Bonchev–Trinajstić information content (AvgIpc) is 3.21. The van der Waals surface area contributed by atoms with Gasteiger partial charge >= 0.3 is 0 Å². The Morgan fingerprint density at radius 2 is 1.54 bits per heavy atom. The van der Waals surface area contributed by atoms with Crippen LogP contribution in [0.1, 0.15) is 20.7 Å². The Bertz CT molecular complexity index is 1040. The lowest BCUT2D eigenvalue weighted by Gasteiger charge is -2.07. The summed E-state index contributed by atoms with van der Waals surface area (Å²) in [6, 6.07) is 3.45. The van der Waals surface area contributed by atoms with Crippen LogP contribution < -0.4 is 4.90 Å². The molecule has 4 rings (SSSR count). The van der Waals surface area contributed by atoms with Crippen molar-refractivity contribution in [1.82, 2.24) is 20.2 Å². The van der Waals surface area contributed by atoms with Crippen molar-refractivity contribution >= 4 is 64.2 Å². The summed E-state index contributed by atoms with van der Waals surface area (Å²) < 4.78 is 0. The lowest BCUT2D eigenvalue weighted by molar-refractivity contribution is 0.0924. The number of anilines is 1. The van der Waals surface area contributed by atoms with Gasteiger partial charge in [0.05, 0.1) is 31.2 Å². The van der Waals surface area contributed by atoms with E-state index in [-0.39, 0.29) is 37.2 Å². The Morgan fingerprint density at radius 3 is 2.08 bits per heavy atom. The van der Waals surface area contributed by atoms with E-state index in [1.165, 1.54) is 0 Å². The second kappa shape index (κ2) is 6.21. The maximum Gasteiger partial charge on any atom is 0.270 e. The first-order valence-electron chi connectivity index (χ1n) is 6.99. The van der Waals surface area contributed by atoms with Crippen LogP contribution in [-0.4, -0.2) is 32.0 Å². The molecule has 2 aromatic heterocycles. The first kappa shape index (κ1) is 17.2. The van der Waals surface area contributed by atoms with E-state index in [0.29, 0.717) is 11.4 Å². The molecule has 1 N–H and O–H groups in total. The summed E-state index contributed by atoms with van der Waals surface area (Å²) in [5, 5.41) is 6.07. The van der Waals surface area contributed by atoms with Gasteiger partial charge < -0.3 is 0 Å². The Balaban J connectivity index is 1.82. The third-order valence-corrected chi connectivity index (χ3v) is 5.51. The summed E-state index contributed by atoms with van der Waals surface area (Å²) in [4.78, 5) is 34.4. The van der Waals surface area contributed by atoms with E-state index in [1.54, 1.807) is 24.5 Å². The molecule has 3 aromatic rings. The number of benzene rings is 1. The fourth-order valence-electron chi connectivity index (χ4n) is 2.52. The van der Waals surface area contributed by atoms with Gasteiger partial charge in [0, 0.05) is 18.0 Å². The summed E-state index contributed by atoms with van der Waals surface area (Å²) in [7, 11) is 0. The molecule has 26 heavy (non-hydrogen) atoms. The number of pyridine rings is 1. The van der Waals surface area contributed by atoms with Crippen LogP contribution in [0.3, 0.4) is 0 Å². The number of nitrogens with zero attached hydrogens (tertiary/aromatic N) is 4. The second-order valence-corrected chi connectivity index (χ2v) is 6.69. The van der Waals surface area contributed by atoms with E-state index >= 15 is 0 Å². The predicted molar refractivity (Wildman–Crippen MR) is 97.2 cm³/mol. The lowest BCUT2D eigenvalue weighted by atomic mass is 10.1. The highest BCUT2D eigenvalue weighted by Gasteiger charge is 2.44. The van der Waals surface area contributed by atoms with E-state index in [1.807, 2.05) is 0 Å². The number of amides is 2. The molecule has 2 amide bonds. The molecule has 11 heteroatoms. The standard InChI is InChI=1S/C15H5Cl4N5O2/c16-8-6-7(9(17)11(19)10(8)18)14(26)24(13(6)25)15-21-12(22-23-15)5-2-1-3-20-4-5/h1-4H,(H,21,22,23). The Hall–Kier alpha value is -2.19. The quantitative estimate of drug-likeness (QED) is 0.373. The van der Waals surface area contributed by atoms with Crippen LogP contribution in [-0.2, 0) is 0 Å². The maximum atomic E-state index is 12.7. The molecule has 0 aliphatic carbocycles. The van der Waals surface area contributed by atoms with E-state index in [0.717, 1.165) is 4.90 Å². The molecular formula is C15H5Cl4N5O2. The van der Waals surface area contributed by atoms with Gasteiger partial charge in [0.1, 0.15) is 0 Å². The van der Waals surface area contributed by atoms with Gasteiger partial charge in [-0.25, -0.2) is 4.90 Å². The number of carbonyl (C=O) groups excluding carboxylic acids is 2. The van der Waals surface area contributed by atoms with Crippen LogP contribution >= 0.6 is 46.4 Å². The van der Waals surface area contributed by atoms with Gasteiger partial charge in [-0.1, -0.05) is 46.4 Å². The number of halogens is 4. The van der Waals surface area contributed by atoms with Gasteiger partial charge in [0.25, 0.3) is 17.8 Å². The number of H-pyrrole nitrogens is 1. The first-order chi connectivity index (χ1) is 12.4. The molecule has 1 aromatic carbocycles. The van der Waals surface area contributed by atoms with E-state index < -0.39 is 11.8 Å². The summed E-state index contributed by atoms with van der Waals surface area (Å²) in [6.07, 6.45) is 3.16. The fraction of sp³-hybridized carbons (Fsp3) is 0. The molecule has 0 unspecified atom stereocenters.